The lowest BCUT2D eigenvalue weighted by molar-refractivity contribution is -0.140. The fraction of sp³-hybridized carbons (Fsp3) is 0.545. The quantitative estimate of drug-likeness (QED) is 0.250. The second-order valence-electron chi connectivity index (χ2n) is 6.95. The van der Waals surface area contributed by atoms with Crippen molar-refractivity contribution in [2.45, 2.75) is 31.7 Å². The van der Waals surface area contributed by atoms with E-state index in [1.807, 2.05) is 6.26 Å². The van der Waals surface area contributed by atoms with E-state index in [0.717, 1.165) is 0 Å². The topological polar surface area (TPSA) is 132 Å². The van der Waals surface area contributed by atoms with Gasteiger partial charge in [0.1, 0.15) is 6.04 Å². The van der Waals surface area contributed by atoms with Gasteiger partial charge in [-0.3, -0.25) is 19.2 Å². The summed E-state index contributed by atoms with van der Waals surface area (Å²) in [6, 6.07) is 4.09. The summed E-state index contributed by atoms with van der Waals surface area (Å²) in [7, 11) is 4.29. The Labute approximate surface area is 198 Å². The number of hydrogen-bond donors (Lipinski definition) is 3. The first-order valence-electron chi connectivity index (χ1n) is 10.5. The van der Waals surface area contributed by atoms with E-state index in [1.165, 1.54) is 21.3 Å². The van der Waals surface area contributed by atoms with Crippen LogP contribution in [-0.2, 0) is 19.1 Å². The molecule has 1 atom stereocenters. The molecule has 33 heavy (non-hydrogen) atoms. The number of esters is 1. The van der Waals surface area contributed by atoms with Gasteiger partial charge in [0.15, 0.2) is 11.5 Å². The zero-order valence-electron chi connectivity index (χ0n) is 19.5. The van der Waals surface area contributed by atoms with Gasteiger partial charge in [0, 0.05) is 31.5 Å². The highest BCUT2D eigenvalue weighted by atomic mass is 32.2. The number of benzene rings is 1. The van der Waals surface area contributed by atoms with Crippen LogP contribution in [0.5, 0.6) is 11.5 Å². The molecule has 0 fully saturated rings. The second-order valence-corrected chi connectivity index (χ2v) is 7.93. The molecule has 0 heterocycles. The van der Waals surface area contributed by atoms with Gasteiger partial charge in [0.05, 0.1) is 21.3 Å². The average molecular weight is 484 g/mol. The molecule has 0 saturated carbocycles. The van der Waals surface area contributed by atoms with Gasteiger partial charge in [-0.2, -0.15) is 11.8 Å². The van der Waals surface area contributed by atoms with Gasteiger partial charge < -0.3 is 30.2 Å². The predicted octanol–water partition coefficient (Wildman–Crippen LogP) is 1.13. The first kappa shape index (κ1) is 28.1. The third-order valence-corrected chi connectivity index (χ3v) is 5.27. The summed E-state index contributed by atoms with van der Waals surface area (Å²) in [6.45, 7) is 0.413. The molecule has 0 aromatic heterocycles. The van der Waals surface area contributed by atoms with Gasteiger partial charge in [0.25, 0.3) is 5.91 Å². The molecular weight excluding hydrogens is 450 g/mol. The van der Waals surface area contributed by atoms with Crippen molar-refractivity contribution in [1.82, 2.24) is 16.0 Å². The molecule has 0 unspecified atom stereocenters. The molecule has 184 valence electrons. The van der Waals surface area contributed by atoms with E-state index < -0.39 is 6.04 Å². The largest absolute Gasteiger partial charge is 0.493 e. The number of rotatable bonds is 15. The number of hydrogen-bond acceptors (Lipinski definition) is 8. The van der Waals surface area contributed by atoms with Crippen molar-refractivity contribution in [1.29, 1.82) is 0 Å². The number of methoxy groups -OCH3 is 3. The summed E-state index contributed by atoms with van der Waals surface area (Å²) in [4.78, 5) is 48.3. The highest BCUT2D eigenvalue weighted by Crippen LogP contribution is 2.27. The Balaban J connectivity index is 2.50. The molecule has 0 radical (unpaired) electrons. The van der Waals surface area contributed by atoms with Crippen LogP contribution in [0.25, 0.3) is 0 Å². The van der Waals surface area contributed by atoms with Crippen molar-refractivity contribution in [2.75, 3.05) is 46.4 Å². The fourth-order valence-corrected chi connectivity index (χ4v) is 3.28. The van der Waals surface area contributed by atoms with Gasteiger partial charge in [-0.15, -0.1) is 0 Å². The van der Waals surface area contributed by atoms with Crippen LogP contribution in [0.3, 0.4) is 0 Å². The van der Waals surface area contributed by atoms with E-state index in [9.17, 15) is 19.2 Å². The second kappa shape index (κ2) is 15.8. The molecule has 11 heteroatoms. The van der Waals surface area contributed by atoms with Gasteiger partial charge in [-0.1, -0.05) is 0 Å². The lowest BCUT2D eigenvalue weighted by Gasteiger charge is -2.18. The van der Waals surface area contributed by atoms with Crippen LogP contribution >= 0.6 is 11.8 Å². The van der Waals surface area contributed by atoms with Crippen LogP contribution < -0.4 is 25.4 Å². The van der Waals surface area contributed by atoms with Crippen LogP contribution in [0.2, 0.25) is 0 Å². The minimum Gasteiger partial charge on any atom is -0.493 e. The molecule has 0 aliphatic heterocycles. The van der Waals surface area contributed by atoms with Crippen molar-refractivity contribution in [3.05, 3.63) is 23.8 Å². The molecule has 3 amide bonds. The molecule has 0 aliphatic rings. The van der Waals surface area contributed by atoms with Gasteiger partial charge >= 0.3 is 5.97 Å². The normalized spacial score (nSPS) is 11.2. The van der Waals surface area contributed by atoms with Crippen LogP contribution in [0.4, 0.5) is 0 Å². The molecule has 0 saturated heterocycles. The molecule has 0 bridgehead atoms. The SMILES string of the molecule is COC(=O)CCCNC(=O)[C@@H](CCSC)NC(=O)CCNC(=O)c1ccc(OC)c(OC)c1. The predicted molar refractivity (Wildman–Crippen MR) is 126 cm³/mol. The first-order chi connectivity index (χ1) is 15.9. The fourth-order valence-electron chi connectivity index (χ4n) is 2.81. The summed E-state index contributed by atoms with van der Waals surface area (Å²) in [5.41, 5.74) is 0.372. The Morgan fingerprint density at radius 3 is 2.33 bits per heavy atom. The third-order valence-electron chi connectivity index (χ3n) is 4.63. The van der Waals surface area contributed by atoms with E-state index >= 15 is 0 Å². The molecular formula is C22H33N3O7S. The minimum atomic E-state index is -0.690. The molecule has 3 N–H and O–H groups in total. The molecule has 1 aromatic carbocycles. The van der Waals surface area contributed by atoms with E-state index in [4.69, 9.17) is 9.47 Å². The van der Waals surface area contributed by atoms with Gasteiger partial charge in [0.2, 0.25) is 11.8 Å². The first-order valence-corrected chi connectivity index (χ1v) is 11.9. The van der Waals surface area contributed by atoms with E-state index in [-0.39, 0.29) is 43.1 Å². The monoisotopic (exact) mass is 483 g/mol. The summed E-state index contributed by atoms with van der Waals surface area (Å²) in [5.74, 6) is 0.273. The van der Waals surface area contributed by atoms with Crippen molar-refractivity contribution < 1.29 is 33.4 Å². The van der Waals surface area contributed by atoms with Crippen molar-refractivity contribution in [2.24, 2.45) is 0 Å². The Morgan fingerprint density at radius 2 is 1.70 bits per heavy atom. The summed E-state index contributed by atoms with van der Waals surface area (Å²) < 4.78 is 14.9. The molecule has 0 spiro atoms. The molecule has 1 aromatic rings. The highest BCUT2D eigenvalue weighted by Gasteiger charge is 2.20. The number of thioether (sulfide) groups is 1. The maximum absolute atomic E-state index is 12.4. The standard InChI is InChI=1S/C22H33N3O7S/c1-30-17-8-7-15(14-18(17)31-2)21(28)24-12-9-19(26)25-16(10-13-33-4)22(29)23-11-5-6-20(27)32-3/h7-8,14,16H,5-6,9-13H2,1-4H3,(H,23,29)(H,24,28)(H,25,26)/t16-/m1/s1. The van der Waals surface area contributed by atoms with Gasteiger partial charge in [-0.05, 0) is 43.0 Å². The average Bonchev–Trinajstić information content (AvgIpc) is 2.83. The van der Waals surface area contributed by atoms with E-state index in [2.05, 4.69) is 20.7 Å². The number of carbonyl (C=O) groups is 4. The van der Waals surface area contributed by atoms with Crippen molar-refractivity contribution in [3.63, 3.8) is 0 Å². The summed E-state index contributed by atoms with van der Waals surface area (Å²) >= 11 is 1.57. The Kier molecular flexibility index (Phi) is 13.4. The minimum absolute atomic E-state index is 0.0183. The zero-order chi connectivity index (χ0) is 24.6. The Morgan fingerprint density at radius 1 is 0.970 bits per heavy atom. The number of carbonyl (C=O) groups excluding carboxylic acids is 4. The van der Waals surface area contributed by atoms with E-state index in [0.29, 0.717) is 42.2 Å². The van der Waals surface area contributed by atoms with Crippen LogP contribution in [0.15, 0.2) is 18.2 Å². The van der Waals surface area contributed by atoms with Crippen LogP contribution in [0, 0.1) is 0 Å². The lowest BCUT2D eigenvalue weighted by atomic mass is 10.1. The van der Waals surface area contributed by atoms with Crippen LogP contribution in [0.1, 0.15) is 36.0 Å². The summed E-state index contributed by atoms with van der Waals surface area (Å²) in [5, 5.41) is 8.12. The number of nitrogens with one attached hydrogen (secondary N) is 3. The lowest BCUT2D eigenvalue weighted by Crippen LogP contribution is -2.47. The summed E-state index contributed by atoms with van der Waals surface area (Å²) in [6.07, 6.45) is 3.05. The van der Waals surface area contributed by atoms with Gasteiger partial charge in [-0.25, -0.2) is 0 Å². The smallest absolute Gasteiger partial charge is 0.305 e. The van der Waals surface area contributed by atoms with Crippen molar-refractivity contribution >= 4 is 35.5 Å². The molecule has 1 rings (SSSR count). The van der Waals surface area contributed by atoms with Crippen molar-refractivity contribution in [3.8, 4) is 11.5 Å². The zero-order valence-corrected chi connectivity index (χ0v) is 20.3. The number of amides is 3. The number of ether oxygens (including phenoxy) is 3. The maximum Gasteiger partial charge on any atom is 0.305 e. The third kappa shape index (κ3) is 10.5. The molecule has 10 nitrogen and oxygen atoms in total. The Bertz CT molecular complexity index is 804. The van der Waals surface area contributed by atoms with E-state index in [1.54, 1.807) is 30.0 Å². The van der Waals surface area contributed by atoms with Crippen LogP contribution in [-0.4, -0.2) is 76.2 Å². The highest BCUT2D eigenvalue weighted by molar-refractivity contribution is 7.98. The Hall–Kier alpha value is -2.95. The maximum atomic E-state index is 12.4. The molecule has 0 aliphatic carbocycles.